The second kappa shape index (κ2) is 28.9. The number of para-hydroxylation sites is 2. The minimum atomic E-state index is -0.578. The minimum absolute atomic E-state index is 0. The van der Waals surface area contributed by atoms with Crippen molar-refractivity contribution in [2.24, 2.45) is 4.99 Å². The average molecular weight is 979 g/mol. The van der Waals surface area contributed by atoms with E-state index in [1.807, 2.05) is 18.2 Å². The van der Waals surface area contributed by atoms with Gasteiger partial charge in [0.05, 0.1) is 36.0 Å². The predicted octanol–water partition coefficient (Wildman–Crippen LogP) is 15.3. The molecule has 1 heterocycles. The van der Waals surface area contributed by atoms with Crippen LogP contribution in [0.2, 0.25) is 0 Å². The number of hydrogen-bond acceptors (Lipinski definition) is 5. The van der Waals surface area contributed by atoms with Crippen LogP contribution in [0.4, 0.5) is 11.4 Å². The van der Waals surface area contributed by atoms with Crippen molar-refractivity contribution in [3.05, 3.63) is 237 Å². The number of carbonyl (C=O) groups excluding carboxylic acids is 3. The summed E-state index contributed by atoms with van der Waals surface area (Å²) in [6.45, 7) is 22.3. The summed E-state index contributed by atoms with van der Waals surface area (Å²) >= 11 is 0. The van der Waals surface area contributed by atoms with E-state index in [1.54, 1.807) is 91.7 Å². The molecule has 0 bridgehead atoms. The number of nitrogens with zero attached hydrogens (tertiary/aromatic N) is 3. The van der Waals surface area contributed by atoms with E-state index in [1.165, 1.54) is 27.8 Å². The van der Waals surface area contributed by atoms with Gasteiger partial charge in [0.1, 0.15) is 0 Å². The van der Waals surface area contributed by atoms with E-state index in [9.17, 15) is 14.4 Å². The van der Waals surface area contributed by atoms with Crippen LogP contribution in [0.5, 0.6) is 0 Å². The molecule has 0 saturated heterocycles. The fraction of sp³-hybridized carbons (Fsp3) is 0.262. The van der Waals surface area contributed by atoms with Crippen molar-refractivity contribution in [1.29, 1.82) is 0 Å². The molecule has 7 rings (SSSR count). The smallest absolute Gasteiger partial charge is 0.674 e. The van der Waals surface area contributed by atoms with Crippen molar-refractivity contribution in [3.63, 3.8) is 0 Å². The van der Waals surface area contributed by atoms with Crippen LogP contribution >= 0.6 is 0 Å². The molecular weight excluding hydrogens is 914 g/mol. The van der Waals surface area contributed by atoms with Crippen molar-refractivity contribution < 1.29 is 40.6 Å². The first kappa shape index (κ1) is 56.2. The molecule has 0 spiro atoms. The van der Waals surface area contributed by atoms with Gasteiger partial charge in [-0.15, -0.1) is 42.1 Å². The van der Waals surface area contributed by atoms with Gasteiger partial charge in [-0.25, -0.2) is 0 Å². The Morgan fingerprint density at radius 2 is 0.853 bits per heavy atom. The van der Waals surface area contributed by atoms with Gasteiger partial charge in [0.15, 0.2) is 0 Å². The third-order valence-electron chi connectivity index (χ3n) is 11.1. The Kier molecular flexibility index (Phi) is 23.9. The summed E-state index contributed by atoms with van der Waals surface area (Å²) in [5.74, 6) is 1.49. The first-order chi connectivity index (χ1) is 32.2. The van der Waals surface area contributed by atoms with Crippen molar-refractivity contribution in [3.8, 4) is 0 Å². The molecular formula is C61H65N3O3Zr. The van der Waals surface area contributed by atoms with Gasteiger partial charge < -0.3 is 19.7 Å². The zero-order valence-electron chi connectivity index (χ0n) is 41.3. The van der Waals surface area contributed by atoms with Crippen LogP contribution in [0.3, 0.4) is 0 Å². The van der Waals surface area contributed by atoms with Crippen LogP contribution in [0.25, 0.3) is 5.32 Å². The molecule has 7 heteroatoms. The molecule has 0 aliphatic heterocycles. The van der Waals surface area contributed by atoms with Crippen LogP contribution in [-0.4, -0.2) is 29.6 Å². The van der Waals surface area contributed by atoms with E-state index >= 15 is 0 Å². The van der Waals surface area contributed by atoms with Crippen LogP contribution in [0.1, 0.15) is 149 Å². The van der Waals surface area contributed by atoms with Gasteiger partial charge in [0, 0.05) is 5.69 Å². The van der Waals surface area contributed by atoms with E-state index < -0.39 is 5.54 Å². The first-order valence-electron chi connectivity index (χ1n) is 23.1. The van der Waals surface area contributed by atoms with E-state index in [0.29, 0.717) is 40.4 Å². The normalized spacial score (nSPS) is 11.6. The van der Waals surface area contributed by atoms with Gasteiger partial charge in [0.25, 0.3) is 0 Å². The molecule has 1 unspecified atom stereocenters. The third kappa shape index (κ3) is 17.2. The van der Waals surface area contributed by atoms with Gasteiger partial charge in [-0.3, -0.25) is 9.98 Å². The van der Waals surface area contributed by atoms with E-state index in [4.69, 9.17) is 15.3 Å². The van der Waals surface area contributed by atoms with Crippen molar-refractivity contribution in [1.82, 2.24) is 4.98 Å². The Morgan fingerprint density at radius 1 is 0.500 bits per heavy atom. The van der Waals surface area contributed by atoms with Crippen molar-refractivity contribution in [2.75, 3.05) is 0 Å². The Balaban J connectivity index is 0.000000392. The summed E-state index contributed by atoms with van der Waals surface area (Å²) in [7, 11) is 0. The fourth-order valence-corrected chi connectivity index (χ4v) is 7.39. The van der Waals surface area contributed by atoms with Crippen LogP contribution in [-0.2, 0) is 52.5 Å². The molecule has 6 aromatic carbocycles. The van der Waals surface area contributed by atoms with Crippen LogP contribution in [0, 0.1) is 0 Å². The summed E-state index contributed by atoms with van der Waals surface area (Å²) in [6.07, 6.45) is 6.08. The Hall–Kier alpha value is -6.17. The molecule has 7 aromatic rings. The standard InChI is InChI=1S/C40H50N3.3C7H5O.Zr/c1-26(2)32-19-14-20-33(27(3)4)38(32)41-30(9)36-23-16-24-37(42-36)40(10,25-31-17-12-11-13-18-31)43-39-34(28(5)6)21-15-22-35(39)29(7)8;3*8-6-7-4-2-1-3-5-7;/h11-24,26-29H,25H2,1-10H3;3*1-5H;/q4*-1;+4. The van der Waals surface area contributed by atoms with Gasteiger partial charge >= 0.3 is 26.2 Å². The number of hydrogen-bond donors (Lipinski definition) is 0. The van der Waals surface area contributed by atoms with Gasteiger partial charge in [-0.05, 0) is 65.8 Å². The zero-order chi connectivity index (χ0) is 48.8. The number of benzene rings is 6. The molecule has 0 aliphatic rings. The summed E-state index contributed by atoms with van der Waals surface area (Å²) in [6, 6.07) is 56.9. The predicted molar refractivity (Wildman–Crippen MR) is 280 cm³/mol. The summed E-state index contributed by atoms with van der Waals surface area (Å²) < 4.78 is 0. The monoisotopic (exact) mass is 977 g/mol. The topological polar surface area (TPSA) is 90.6 Å². The Labute approximate surface area is 425 Å². The molecule has 68 heavy (non-hydrogen) atoms. The van der Waals surface area contributed by atoms with Gasteiger partial charge in [-0.1, -0.05) is 170 Å². The average Bonchev–Trinajstić information content (AvgIpc) is 3.35. The molecule has 1 atom stereocenters. The summed E-state index contributed by atoms with van der Waals surface area (Å²) in [4.78, 5) is 40.2. The Morgan fingerprint density at radius 3 is 1.21 bits per heavy atom. The minimum Gasteiger partial charge on any atom is -0.674 e. The number of pyridine rings is 1. The molecule has 346 valence electrons. The maximum atomic E-state index is 9.88. The molecule has 1 aromatic heterocycles. The number of aliphatic imine (C=N–C) groups is 1. The molecule has 0 aliphatic carbocycles. The maximum absolute atomic E-state index is 9.88. The molecule has 0 N–H and O–H groups in total. The fourth-order valence-electron chi connectivity index (χ4n) is 7.39. The third-order valence-corrected chi connectivity index (χ3v) is 11.1. The quantitative estimate of drug-likeness (QED) is 0.0802. The van der Waals surface area contributed by atoms with E-state index in [0.717, 1.165) is 34.9 Å². The van der Waals surface area contributed by atoms with Gasteiger partial charge in [0.2, 0.25) is 0 Å². The molecule has 6 nitrogen and oxygen atoms in total. The van der Waals surface area contributed by atoms with E-state index in [2.05, 4.69) is 154 Å². The second-order valence-corrected chi connectivity index (χ2v) is 17.7. The van der Waals surface area contributed by atoms with Crippen molar-refractivity contribution in [2.45, 2.75) is 105 Å². The first-order valence-corrected chi connectivity index (χ1v) is 23.1. The second-order valence-electron chi connectivity index (χ2n) is 17.7. The van der Waals surface area contributed by atoms with Crippen molar-refractivity contribution >= 4 is 35.9 Å². The summed E-state index contributed by atoms with van der Waals surface area (Å²) in [5, 5.41) is 5.66. The van der Waals surface area contributed by atoms with Crippen LogP contribution in [0.15, 0.2) is 181 Å². The van der Waals surface area contributed by atoms with Crippen LogP contribution < -0.4 is 0 Å². The number of aromatic nitrogens is 1. The molecule has 0 saturated carbocycles. The number of rotatable bonds is 14. The largest absolute Gasteiger partial charge is 4.00 e. The zero-order valence-corrected chi connectivity index (χ0v) is 43.8. The Bertz CT molecular complexity index is 2460. The SMILES string of the molecule is CC(=Nc1c(C(C)C)cccc1C(C)C)c1cccc(C(C)(Cc2ccccc2)[N-]c2c(C(C)C)cccc2C(C)C)n1.O=[C-]c1ccccc1.O=[C-]c1ccccc1.O=[C-]c1ccccc1.[Zr+4]. The van der Waals surface area contributed by atoms with Gasteiger partial charge in [-0.2, -0.15) is 53.1 Å². The molecule has 0 fully saturated rings. The molecule has 0 radical (unpaired) electrons. The summed E-state index contributed by atoms with van der Waals surface area (Å²) in [5.41, 5.74) is 12.6. The molecule has 0 amide bonds. The van der Waals surface area contributed by atoms with E-state index in [-0.39, 0.29) is 26.2 Å². The maximum Gasteiger partial charge on any atom is 4.00 e.